The molecule has 1 aliphatic carbocycles. The largest absolute Gasteiger partial charge is 0.469 e. The summed E-state index contributed by atoms with van der Waals surface area (Å²) < 4.78 is 24.6. The Hall–Kier alpha value is -2.74. The summed E-state index contributed by atoms with van der Waals surface area (Å²) in [6.45, 7) is 1.99. The predicted octanol–water partition coefficient (Wildman–Crippen LogP) is 5.74. The maximum Gasteiger partial charge on any atom is 0.305 e. The first-order chi connectivity index (χ1) is 18.0. The number of carbonyl (C=O) groups is 2. The monoisotopic (exact) mass is 513 g/mol. The minimum atomic E-state index is -0.304. The van der Waals surface area contributed by atoms with Gasteiger partial charge in [0.25, 0.3) is 5.91 Å². The number of nitrogens with one attached hydrogen (secondary N) is 1. The molecule has 7 nitrogen and oxygen atoms in total. The lowest BCUT2D eigenvalue weighted by Gasteiger charge is -2.23. The summed E-state index contributed by atoms with van der Waals surface area (Å²) in [4.78, 5) is 30.9. The van der Waals surface area contributed by atoms with Gasteiger partial charge in [0.2, 0.25) is 5.89 Å². The second kappa shape index (κ2) is 13.7. The Balaban J connectivity index is 1.29. The van der Waals surface area contributed by atoms with E-state index in [1.54, 1.807) is 6.07 Å². The first kappa shape index (κ1) is 27.3. The summed E-state index contributed by atoms with van der Waals surface area (Å²) in [7, 11) is 1.37. The highest BCUT2D eigenvalue weighted by Gasteiger charge is 2.31. The molecular weight excluding hydrogens is 473 g/mol. The number of aromatic nitrogens is 1. The van der Waals surface area contributed by atoms with E-state index >= 15 is 0 Å². The Morgan fingerprint density at radius 3 is 2.78 bits per heavy atom. The van der Waals surface area contributed by atoms with Crippen LogP contribution in [0.5, 0.6) is 0 Å². The molecule has 1 aromatic carbocycles. The lowest BCUT2D eigenvalue weighted by Crippen LogP contribution is -2.26. The molecule has 2 heterocycles. The molecule has 8 heteroatoms. The molecule has 1 amide bonds. The smallest absolute Gasteiger partial charge is 0.305 e. The fourth-order valence-corrected chi connectivity index (χ4v) is 5.71. The lowest BCUT2D eigenvalue weighted by atomic mass is 9.86. The van der Waals surface area contributed by atoms with E-state index in [2.05, 4.69) is 15.2 Å². The number of aryl methyl sites for hydroxylation is 1. The van der Waals surface area contributed by atoms with Crippen LogP contribution >= 0.6 is 0 Å². The van der Waals surface area contributed by atoms with Crippen LogP contribution in [0, 0.1) is 11.7 Å². The number of esters is 1. The number of unbranched alkanes of at least 4 members (excludes halogenated alkanes) is 1. The maximum atomic E-state index is 14.1. The Labute approximate surface area is 219 Å². The summed E-state index contributed by atoms with van der Waals surface area (Å²) in [6.07, 6.45) is 14.2. The number of oxazole rings is 1. The molecule has 4 rings (SSSR count). The van der Waals surface area contributed by atoms with Gasteiger partial charge in [-0.3, -0.25) is 14.5 Å². The van der Waals surface area contributed by atoms with Crippen molar-refractivity contribution in [3.8, 4) is 0 Å². The molecule has 1 atom stereocenters. The quantitative estimate of drug-likeness (QED) is 0.288. The number of benzene rings is 1. The average Bonchev–Trinajstić information content (AvgIpc) is 3.58. The number of carbonyl (C=O) groups excluding carboxylic acids is 2. The molecule has 1 aromatic heterocycles. The minimum absolute atomic E-state index is 0.0752. The Bertz CT molecular complexity index is 1030. The highest BCUT2D eigenvalue weighted by Crippen LogP contribution is 2.33. The predicted molar refractivity (Wildman–Crippen MR) is 138 cm³/mol. The van der Waals surface area contributed by atoms with E-state index in [9.17, 15) is 14.0 Å². The molecule has 0 bridgehead atoms. The standard InChI is InChI=1S/C29H40FN3O4/c1-36-27(34)15-13-22-12-14-24(30)18-23(22)19-33-17-7-11-26(33)29-32-25(20-37-29)28(35)31-16-6-5-10-21-8-3-2-4-9-21/h12,14,18,20-21,26H,2-11,13,15-17,19H2,1H3,(H,31,35)/t26-/m1/s1. The van der Waals surface area contributed by atoms with E-state index in [0.29, 0.717) is 31.1 Å². The third-order valence-corrected chi connectivity index (χ3v) is 7.82. The third kappa shape index (κ3) is 7.87. The second-order valence-corrected chi connectivity index (χ2v) is 10.4. The van der Waals surface area contributed by atoms with Gasteiger partial charge in [0.05, 0.1) is 13.2 Å². The fourth-order valence-electron chi connectivity index (χ4n) is 5.71. The SMILES string of the molecule is COC(=O)CCc1ccc(F)cc1CN1CCC[C@@H]1c1nc(C(=O)NCCCCC2CCCCC2)co1. The van der Waals surface area contributed by atoms with E-state index in [0.717, 1.165) is 49.3 Å². The minimum Gasteiger partial charge on any atom is -0.469 e. The van der Waals surface area contributed by atoms with Crippen LogP contribution in [0.3, 0.4) is 0 Å². The van der Waals surface area contributed by atoms with Crippen molar-refractivity contribution >= 4 is 11.9 Å². The second-order valence-electron chi connectivity index (χ2n) is 10.4. The van der Waals surface area contributed by atoms with Crippen LogP contribution in [0.25, 0.3) is 0 Å². The number of amides is 1. The van der Waals surface area contributed by atoms with Crippen LogP contribution in [0.1, 0.15) is 104 Å². The van der Waals surface area contributed by atoms with Crippen molar-refractivity contribution < 1.29 is 23.1 Å². The van der Waals surface area contributed by atoms with E-state index < -0.39 is 0 Å². The summed E-state index contributed by atoms with van der Waals surface area (Å²) in [5, 5.41) is 2.98. The average molecular weight is 514 g/mol. The van der Waals surface area contributed by atoms with Crippen LogP contribution in [0.4, 0.5) is 4.39 Å². The molecular formula is C29H40FN3O4. The fraction of sp³-hybridized carbons (Fsp3) is 0.621. The van der Waals surface area contributed by atoms with E-state index in [1.165, 1.54) is 64.0 Å². The van der Waals surface area contributed by atoms with Gasteiger partial charge in [-0.1, -0.05) is 51.0 Å². The Morgan fingerprint density at radius 2 is 1.97 bits per heavy atom. The summed E-state index contributed by atoms with van der Waals surface area (Å²) in [5.74, 6) is 0.596. The van der Waals surface area contributed by atoms with E-state index in [-0.39, 0.29) is 30.2 Å². The number of hydrogen-bond donors (Lipinski definition) is 1. The van der Waals surface area contributed by atoms with Crippen molar-refractivity contribution in [3.63, 3.8) is 0 Å². The first-order valence-corrected chi connectivity index (χ1v) is 13.8. The van der Waals surface area contributed by atoms with E-state index in [1.807, 2.05) is 0 Å². The van der Waals surface area contributed by atoms with Crippen LogP contribution in [0.2, 0.25) is 0 Å². The molecule has 0 unspecified atom stereocenters. The normalized spacial score (nSPS) is 18.7. The molecule has 37 heavy (non-hydrogen) atoms. The van der Waals surface area contributed by atoms with Crippen LogP contribution in [0.15, 0.2) is 28.9 Å². The van der Waals surface area contributed by atoms with Gasteiger partial charge >= 0.3 is 5.97 Å². The number of nitrogens with zero attached hydrogens (tertiary/aromatic N) is 2. The molecule has 202 valence electrons. The lowest BCUT2D eigenvalue weighted by molar-refractivity contribution is -0.140. The maximum absolute atomic E-state index is 14.1. The summed E-state index contributed by atoms with van der Waals surface area (Å²) in [5.41, 5.74) is 2.07. The zero-order valence-electron chi connectivity index (χ0n) is 22.0. The molecule has 1 N–H and O–H groups in total. The van der Waals surface area contributed by atoms with E-state index in [4.69, 9.17) is 9.15 Å². The summed E-state index contributed by atoms with van der Waals surface area (Å²) in [6, 6.07) is 4.62. The van der Waals surface area contributed by atoms with Crippen LogP contribution in [-0.4, -0.2) is 42.0 Å². The number of ether oxygens (including phenoxy) is 1. The van der Waals surface area contributed by atoms with Gasteiger partial charge in [0, 0.05) is 19.5 Å². The zero-order valence-corrected chi connectivity index (χ0v) is 22.0. The molecule has 1 aliphatic heterocycles. The highest BCUT2D eigenvalue weighted by molar-refractivity contribution is 5.91. The highest BCUT2D eigenvalue weighted by atomic mass is 19.1. The van der Waals surface area contributed by atoms with Crippen molar-refractivity contribution in [1.29, 1.82) is 0 Å². The van der Waals surface area contributed by atoms with Gasteiger partial charge in [0.1, 0.15) is 12.1 Å². The van der Waals surface area contributed by atoms with Crippen molar-refractivity contribution in [1.82, 2.24) is 15.2 Å². The molecule has 1 saturated carbocycles. The van der Waals surface area contributed by atoms with Gasteiger partial charge < -0.3 is 14.5 Å². The van der Waals surface area contributed by atoms with Gasteiger partial charge in [-0.2, -0.15) is 0 Å². The molecule has 0 radical (unpaired) electrons. The number of rotatable bonds is 12. The number of methoxy groups -OCH3 is 1. The van der Waals surface area contributed by atoms with Crippen LogP contribution < -0.4 is 5.32 Å². The number of halogens is 1. The van der Waals surface area contributed by atoms with Crippen LogP contribution in [-0.2, 0) is 22.5 Å². The summed E-state index contributed by atoms with van der Waals surface area (Å²) >= 11 is 0. The van der Waals surface area contributed by atoms with Gasteiger partial charge in [-0.15, -0.1) is 0 Å². The van der Waals surface area contributed by atoms with Crippen molar-refractivity contribution in [2.45, 2.75) is 89.6 Å². The molecule has 2 aliphatic rings. The molecule has 0 spiro atoms. The topological polar surface area (TPSA) is 84.7 Å². The number of hydrogen-bond acceptors (Lipinski definition) is 6. The third-order valence-electron chi connectivity index (χ3n) is 7.82. The zero-order chi connectivity index (χ0) is 26.0. The van der Waals surface area contributed by atoms with Crippen molar-refractivity contribution in [2.75, 3.05) is 20.2 Å². The molecule has 2 aromatic rings. The van der Waals surface area contributed by atoms with Crippen molar-refractivity contribution in [3.05, 3.63) is 53.0 Å². The first-order valence-electron chi connectivity index (χ1n) is 13.8. The van der Waals surface area contributed by atoms with Crippen molar-refractivity contribution in [2.24, 2.45) is 5.92 Å². The van der Waals surface area contributed by atoms with Gasteiger partial charge in [-0.05, 0) is 61.4 Å². The molecule has 2 fully saturated rings. The van der Waals surface area contributed by atoms with Gasteiger partial charge in [0.15, 0.2) is 5.69 Å². The van der Waals surface area contributed by atoms with Gasteiger partial charge in [-0.25, -0.2) is 9.37 Å². The Morgan fingerprint density at radius 1 is 1.14 bits per heavy atom. The molecule has 1 saturated heterocycles. The number of likely N-dealkylation sites (tertiary alicyclic amines) is 1. The Kier molecular flexibility index (Phi) is 10.1.